The number of nitrogens with two attached hydrogens (primary N) is 1. The SMILES string of the molecule is CCC(N)(C(=O)O)c1ccc(OC)c(C)c1. The molecule has 0 aliphatic rings. The average molecular weight is 223 g/mol. The Kier molecular flexibility index (Phi) is 3.55. The fourth-order valence-electron chi connectivity index (χ4n) is 1.63. The van der Waals surface area contributed by atoms with Gasteiger partial charge in [-0.1, -0.05) is 13.0 Å². The molecule has 1 unspecified atom stereocenters. The zero-order valence-electron chi connectivity index (χ0n) is 9.78. The number of ether oxygens (including phenoxy) is 1. The van der Waals surface area contributed by atoms with Gasteiger partial charge in [-0.05, 0) is 36.6 Å². The first-order valence-corrected chi connectivity index (χ1v) is 5.13. The molecule has 88 valence electrons. The fourth-order valence-corrected chi connectivity index (χ4v) is 1.63. The van der Waals surface area contributed by atoms with E-state index in [2.05, 4.69) is 0 Å². The van der Waals surface area contributed by atoms with E-state index in [9.17, 15) is 4.79 Å². The van der Waals surface area contributed by atoms with Crippen molar-refractivity contribution < 1.29 is 14.6 Å². The van der Waals surface area contributed by atoms with Gasteiger partial charge in [0.25, 0.3) is 0 Å². The Morgan fingerprint density at radius 1 is 1.56 bits per heavy atom. The molecule has 0 aliphatic carbocycles. The first kappa shape index (κ1) is 12.5. The number of carbonyl (C=O) groups is 1. The van der Waals surface area contributed by atoms with Crippen LogP contribution in [0.1, 0.15) is 24.5 Å². The standard InChI is InChI=1S/C12H17NO3/c1-4-12(13,11(14)15)9-5-6-10(16-3)8(2)7-9/h5-7H,4,13H2,1-3H3,(H,14,15). The van der Waals surface area contributed by atoms with Crippen LogP contribution in [-0.4, -0.2) is 18.2 Å². The summed E-state index contributed by atoms with van der Waals surface area (Å²) in [7, 11) is 1.58. The summed E-state index contributed by atoms with van der Waals surface area (Å²) in [5.41, 5.74) is 6.04. The summed E-state index contributed by atoms with van der Waals surface area (Å²) in [5, 5.41) is 9.15. The zero-order chi connectivity index (χ0) is 12.3. The summed E-state index contributed by atoms with van der Waals surface area (Å²) >= 11 is 0. The van der Waals surface area contributed by atoms with Crippen LogP contribution in [0.3, 0.4) is 0 Å². The molecule has 4 nitrogen and oxygen atoms in total. The minimum absolute atomic E-state index is 0.341. The maximum absolute atomic E-state index is 11.2. The quantitative estimate of drug-likeness (QED) is 0.814. The first-order valence-electron chi connectivity index (χ1n) is 5.13. The predicted octanol–water partition coefficient (Wildman–Crippen LogP) is 1.65. The third kappa shape index (κ3) is 2.02. The molecular formula is C12H17NO3. The molecule has 1 aromatic carbocycles. The predicted molar refractivity (Wildman–Crippen MR) is 61.5 cm³/mol. The number of hydrogen-bond acceptors (Lipinski definition) is 3. The highest BCUT2D eigenvalue weighted by molar-refractivity contribution is 5.80. The third-order valence-electron chi connectivity index (χ3n) is 2.85. The first-order chi connectivity index (χ1) is 7.45. The zero-order valence-corrected chi connectivity index (χ0v) is 9.78. The molecule has 16 heavy (non-hydrogen) atoms. The Morgan fingerprint density at radius 3 is 2.56 bits per heavy atom. The molecule has 1 atom stereocenters. The molecule has 0 aliphatic heterocycles. The highest BCUT2D eigenvalue weighted by Gasteiger charge is 2.34. The minimum Gasteiger partial charge on any atom is -0.496 e. The molecule has 0 saturated heterocycles. The molecular weight excluding hydrogens is 206 g/mol. The van der Waals surface area contributed by atoms with Crippen molar-refractivity contribution in [2.45, 2.75) is 25.8 Å². The van der Waals surface area contributed by atoms with Gasteiger partial charge in [0.05, 0.1) is 7.11 Å². The second kappa shape index (κ2) is 4.53. The molecule has 0 radical (unpaired) electrons. The van der Waals surface area contributed by atoms with Crippen LogP contribution in [0.2, 0.25) is 0 Å². The minimum atomic E-state index is -1.32. The second-order valence-corrected chi connectivity index (χ2v) is 3.81. The summed E-state index contributed by atoms with van der Waals surface area (Å²) < 4.78 is 5.12. The number of aliphatic carboxylic acids is 1. The van der Waals surface area contributed by atoms with Crippen LogP contribution in [-0.2, 0) is 10.3 Å². The van der Waals surface area contributed by atoms with Crippen molar-refractivity contribution in [1.29, 1.82) is 0 Å². The van der Waals surface area contributed by atoms with E-state index in [0.717, 1.165) is 11.3 Å². The number of rotatable bonds is 4. The molecule has 4 heteroatoms. The Morgan fingerprint density at radius 2 is 2.19 bits per heavy atom. The Balaban J connectivity index is 3.23. The molecule has 1 aromatic rings. The van der Waals surface area contributed by atoms with Crippen molar-refractivity contribution in [3.8, 4) is 5.75 Å². The topological polar surface area (TPSA) is 72.6 Å². The van der Waals surface area contributed by atoms with E-state index in [-0.39, 0.29) is 0 Å². The lowest BCUT2D eigenvalue weighted by Crippen LogP contribution is -2.44. The van der Waals surface area contributed by atoms with Crippen LogP contribution in [0.4, 0.5) is 0 Å². The van der Waals surface area contributed by atoms with Crippen molar-refractivity contribution in [1.82, 2.24) is 0 Å². The van der Waals surface area contributed by atoms with E-state index < -0.39 is 11.5 Å². The number of methoxy groups -OCH3 is 1. The van der Waals surface area contributed by atoms with Crippen molar-refractivity contribution in [3.63, 3.8) is 0 Å². The smallest absolute Gasteiger partial charge is 0.328 e. The van der Waals surface area contributed by atoms with Gasteiger partial charge in [-0.3, -0.25) is 0 Å². The van der Waals surface area contributed by atoms with Gasteiger partial charge >= 0.3 is 5.97 Å². The summed E-state index contributed by atoms with van der Waals surface area (Å²) in [4.78, 5) is 11.2. The lowest BCUT2D eigenvalue weighted by Gasteiger charge is -2.24. The third-order valence-corrected chi connectivity index (χ3v) is 2.85. The van der Waals surface area contributed by atoms with Crippen molar-refractivity contribution in [2.24, 2.45) is 5.73 Å². The summed E-state index contributed by atoms with van der Waals surface area (Å²) in [6.07, 6.45) is 0.341. The molecule has 0 amide bonds. The van der Waals surface area contributed by atoms with E-state index in [1.54, 1.807) is 32.2 Å². The second-order valence-electron chi connectivity index (χ2n) is 3.81. The number of benzene rings is 1. The Hall–Kier alpha value is -1.55. The summed E-state index contributed by atoms with van der Waals surface area (Å²) in [5.74, 6) is -0.285. The van der Waals surface area contributed by atoms with Gasteiger partial charge in [-0.25, -0.2) is 4.79 Å². The molecule has 0 saturated carbocycles. The van der Waals surface area contributed by atoms with Gasteiger partial charge in [0, 0.05) is 0 Å². The van der Waals surface area contributed by atoms with Crippen LogP contribution < -0.4 is 10.5 Å². The molecule has 0 spiro atoms. The molecule has 1 rings (SSSR count). The van der Waals surface area contributed by atoms with Gasteiger partial charge < -0.3 is 15.6 Å². The lowest BCUT2D eigenvalue weighted by molar-refractivity contribution is -0.143. The van der Waals surface area contributed by atoms with Gasteiger partial charge in [-0.2, -0.15) is 0 Å². The number of carboxylic acid groups (broad SMARTS) is 1. The Bertz CT molecular complexity index is 403. The normalized spacial score (nSPS) is 14.2. The van der Waals surface area contributed by atoms with E-state index in [1.165, 1.54) is 0 Å². The monoisotopic (exact) mass is 223 g/mol. The maximum atomic E-state index is 11.2. The van der Waals surface area contributed by atoms with Crippen molar-refractivity contribution in [2.75, 3.05) is 7.11 Å². The fraction of sp³-hybridized carbons (Fsp3) is 0.417. The van der Waals surface area contributed by atoms with E-state index in [0.29, 0.717) is 12.0 Å². The molecule has 3 N–H and O–H groups in total. The average Bonchev–Trinajstić information content (AvgIpc) is 2.27. The van der Waals surface area contributed by atoms with E-state index in [4.69, 9.17) is 15.6 Å². The van der Waals surface area contributed by atoms with Gasteiger partial charge in [0.15, 0.2) is 0 Å². The maximum Gasteiger partial charge on any atom is 0.328 e. The molecule has 0 heterocycles. The van der Waals surface area contributed by atoms with Crippen LogP contribution in [0.15, 0.2) is 18.2 Å². The summed E-state index contributed by atoms with van der Waals surface area (Å²) in [6, 6.07) is 5.20. The highest BCUT2D eigenvalue weighted by Crippen LogP contribution is 2.27. The van der Waals surface area contributed by atoms with Crippen LogP contribution >= 0.6 is 0 Å². The Labute approximate surface area is 95.0 Å². The van der Waals surface area contributed by atoms with Crippen molar-refractivity contribution in [3.05, 3.63) is 29.3 Å². The van der Waals surface area contributed by atoms with Crippen LogP contribution in [0.5, 0.6) is 5.75 Å². The molecule has 0 bridgehead atoms. The van der Waals surface area contributed by atoms with Gasteiger partial charge in [0.1, 0.15) is 11.3 Å². The van der Waals surface area contributed by atoms with Crippen molar-refractivity contribution >= 4 is 5.97 Å². The number of aryl methyl sites for hydroxylation is 1. The van der Waals surface area contributed by atoms with E-state index >= 15 is 0 Å². The largest absolute Gasteiger partial charge is 0.496 e. The van der Waals surface area contributed by atoms with E-state index in [1.807, 2.05) is 6.92 Å². The van der Waals surface area contributed by atoms with Gasteiger partial charge in [-0.15, -0.1) is 0 Å². The van der Waals surface area contributed by atoms with Gasteiger partial charge in [0.2, 0.25) is 0 Å². The number of hydrogen-bond donors (Lipinski definition) is 2. The van der Waals surface area contributed by atoms with Crippen LogP contribution in [0.25, 0.3) is 0 Å². The molecule has 0 fully saturated rings. The van der Waals surface area contributed by atoms with Crippen LogP contribution in [0, 0.1) is 6.92 Å². The summed E-state index contributed by atoms with van der Waals surface area (Å²) in [6.45, 7) is 3.62. The lowest BCUT2D eigenvalue weighted by atomic mass is 9.87. The number of carboxylic acids is 1. The highest BCUT2D eigenvalue weighted by atomic mass is 16.5. The molecule has 0 aromatic heterocycles.